The van der Waals surface area contributed by atoms with Crippen molar-refractivity contribution >= 4 is 45.1 Å². The van der Waals surface area contributed by atoms with Crippen LogP contribution in [0.25, 0.3) is 11.0 Å². The van der Waals surface area contributed by atoms with Crippen LogP contribution in [-0.4, -0.2) is 22.7 Å². The smallest absolute Gasteiger partial charge is 0.228 e. The number of aryl methyl sites for hydroxylation is 1. The number of halogens is 2. The van der Waals surface area contributed by atoms with Crippen LogP contribution in [0.5, 0.6) is 0 Å². The van der Waals surface area contributed by atoms with Crippen molar-refractivity contribution in [2.45, 2.75) is 20.0 Å². The zero-order valence-electron chi connectivity index (χ0n) is 16.8. The second kappa shape index (κ2) is 9.56. The van der Waals surface area contributed by atoms with Gasteiger partial charge in [0, 0.05) is 34.7 Å². The molecule has 4 nitrogen and oxygen atoms in total. The van der Waals surface area contributed by atoms with Crippen molar-refractivity contribution in [2.75, 3.05) is 7.05 Å². The number of nitrogens with zero attached hydrogens (tertiary/aromatic N) is 2. The molecule has 0 aliphatic carbocycles. The minimum absolute atomic E-state index is 0. The van der Waals surface area contributed by atoms with Crippen LogP contribution in [0.1, 0.15) is 32.9 Å². The molecule has 0 aliphatic heterocycles. The third-order valence-corrected chi connectivity index (χ3v) is 5.42. The SMILES string of the molecule is Cc1ncc(CN(C)Cc2ccccc2)c2cc(C(=O)c3ccc(Br)cc3)oc12.Cl. The van der Waals surface area contributed by atoms with E-state index in [1.807, 2.05) is 49.5 Å². The van der Waals surface area contributed by atoms with Crippen LogP contribution in [0.2, 0.25) is 0 Å². The second-order valence-electron chi connectivity index (χ2n) is 7.22. The zero-order chi connectivity index (χ0) is 20.4. The molecule has 0 aliphatic rings. The van der Waals surface area contributed by atoms with Crippen molar-refractivity contribution in [2.24, 2.45) is 0 Å². The molecular weight excluding hydrogens is 464 g/mol. The molecule has 2 heterocycles. The van der Waals surface area contributed by atoms with Gasteiger partial charge >= 0.3 is 0 Å². The molecule has 0 bridgehead atoms. The summed E-state index contributed by atoms with van der Waals surface area (Å²) in [7, 11) is 2.08. The Hall–Kier alpha value is -2.47. The molecule has 0 radical (unpaired) electrons. The quantitative estimate of drug-likeness (QED) is 0.306. The summed E-state index contributed by atoms with van der Waals surface area (Å²) in [5, 5.41) is 0.942. The summed E-state index contributed by atoms with van der Waals surface area (Å²) < 4.78 is 6.88. The lowest BCUT2D eigenvalue weighted by atomic mass is 10.1. The molecule has 0 atom stereocenters. The first-order chi connectivity index (χ1) is 14.0. The highest BCUT2D eigenvalue weighted by Crippen LogP contribution is 2.27. The van der Waals surface area contributed by atoms with Crippen LogP contribution < -0.4 is 0 Å². The Bertz CT molecular complexity index is 1160. The number of furan rings is 1. The molecule has 0 amide bonds. The van der Waals surface area contributed by atoms with Gasteiger partial charge in [-0.1, -0.05) is 46.3 Å². The third kappa shape index (κ3) is 4.81. The molecule has 0 fully saturated rings. The number of rotatable bonds is 6. The van der Waals surface area contributed by atoms with Gasteiger partial charge in [-0.3, -0.25) is 14.7 Å². The van der Waals surface area contributed by atoms with Gasteiger partial charge in [0.2, 0.25) is 5.78 Å². The molecule has 0 saturated carbocycles. The van der Waals surface area contributed by atoms with Crippen molar-refractivity contribution in [1.82, 2.24) is 9.88 Å². The van der Waals surface area contributed by atoms with E-state index in [-0.39, 0.29) is 18.2 Å². The van der Waals surface area contributed by atoms with E-state index >= 15 is 0 Å². The predicted octanol–water partition coefficient (Wildman–Crippen LogP) is 6.18. The van der Waals surface area contributed by atoms with Crippen LogP contribution >= 0.6 is 28.3 Å². The largest absolute Gasteiger partial charge is 0.451 e. The first-order valence-electron chi connectivity index (χ1n) is 9.42. The van der Waals surface area contributed by atoms with E-state index in [1.54, 1.807) is 12.1 Å². The number of carbonyl (C=O) groups is 1. The molecule has 4 aromatic rings. The summed E-state index contributed by atoms with van der Waals surface area (Å²) in [4.78, 5) is 19.6. The number of fused-ring (bicyclic) bond motifs is 1. The van der Waals surface area contributed by atoms with Gasteiger partial charge in [-0.25, -0.2) is 0 Å². The topological polar surface area (TPSA) is 46.3 Å². The molecular formula is C24H22BrClN2O2. The van der Waals surface area contributed by atoms with E-state index in [4.69, 9.17) is 4.42 Å². The molecule has 0 spiro atoms. The summed E-state index contributed by atoms with van der Waals surface area (Å²) in [6, 6.07) is 19.5. The van der Waals surface area contributed by atoms with Crippen LogP contribution in [0.15, 0.2) is 75.8 Å². The number of hydrogen-bond donors (Lipinski definition) is 0. The lowest BCUT2D eigenvalue weighted by molar-refractivity contribution is 0.101. The summed E-state index contributed by atoms with van der Waals surface area (Å²) in [6.07, 6.45) is 1.88. The normalized spacial score (nSPS) is 10.9. The lowest BCUT2D eigenvalue weighted by Gasteiger charge is -2.17. The summed E-state index contributed by atoms with van der Waals surface area (Å²) in [5.74, 6) is 0.210. The lowest BCUT2D eigenvalue weighted by Crippen LogP contribution is -2.17. The van der Waals surface area contributed by atoms with Crippen LogP contribution in [0.4, 0.5) is 0 Å². The Morgan fingerprint density at radius 3 is 2.47 bits per heavy atom. The van der Waals surface area contributed by atoms with Gasteiger partial charge in [0.25, 0.3) is 0 Å². The van der Waals surface area contributed by atoms with Gasteiger partial charge in [-0.15, -0.1) is 12.4 Å². The van der Waals surface area contributed by atoms with Gasteiger partial charge in [0.05, 0.1) is 5.69 Å². The fourth-order valence-corrected chi connectivity index (χ4v) is 3.69. The highest BCUT2D eigenvalue weighted by Gasteiger charge is 2.18. The minimum Gasteiger partial charge on any atom is -0.451 e. The van der Waals surface area contributed by atoms with Gasteiger partial charge in [-0.2, -0.15) is 0 Å². The molecule has 0 saturated heterocycles. The fraction of sp³-hybridized carbons (Fsp3) is 0.167. The van der Waals surface area contributed by atoms with Crippen molar-refractivity contribution in [3.8, 4) is 0 Å². The molecule has 0 N–H and O–H groups in total. The average molecular weight is 486 g/mol. The van der Waals surface area contributed by atoms with Gasteiger partial charge in [0.15, 0.2) is 11.3 Å². The van der Waals surface area contributed by atoms with E-state index in [0.29, 0.717) is 23.5 Å². The fourth-order valence-electron chi connectivity index (χ4n) is 3.42. The first kappa shape index (κ1) is 22.2. The van der Waals surface area contributed by atoms with E-state index in [0.717, 1.165) is 27.7 Å². The molecule has 0 unspecified atom stereocenters. The molecule has 6 heteroatoms. The molecule has 154 valence electrons. The third-order valence-electron chi connectivity index (χ3n) is 4.89. The van der Waals surface area contributed by atoms with Gasteiger partial charge in [-0.05, 0) is 55.4 Å². The van der Waals surface area contributed by atoms with Gasteiger partial charge in [0.1, 0.15) is 0 Å². The van der Waals surface area contributed by atoms with Crippen LogP contribution in [0.3, 0.4) is 0 Å². The van der Waals surface area contributed by atoms with Gasteiger partial charge < -0.3 is 4.42 Å². The van der Waals surface area contributed by atoms with Crippen LogP contribution in [-0.2, 0) is 13.1 Å². The highest BCUT2D eigenvalue weighted by atomic mass is 79.9. The maximum atomic E-state index is 12.9. The highest BCUT2D eigenvalue weighted by molar-refractivity contribution is 9.10. The molecule has 2 aromatic carbocycles. The Morgan fingerprint density at radius 2 is 1.77 bits per heavy atom. The van der Waals surface area contributed by atoms with Crippen molar-refractivity contribution < 1.29 is 9.21 Å². The molecule has 2 aromatic heterocycles. The van der Waals surface area contributed by atoms with Crippen molar-refractivity contribution in [3.05, 3.63) is 99.5 Å². The van der Waals surface area contributed by atoms with Crippen molar-refractivity contribution in [1.29, 1.82) is 0 Å². The number of pyridine rings is 1. The van der Waals surface area contributed by atoms with Crippen LogP contribution in [0, 0.1) is 6.92 Å². The summed E-state index contributed by atoms with van der Waals surface area (Å²) in [5.41, 5.74) is 4.35. The number of aromatic nitrogens is 1. The Kier molecular flexibility index (Phi) is 7.08. The monoisotopic (exact) mass is 484 g/mol. The van der Waals surface area contributed by atoms with E-state index in [9.17, 15) is 4.79 Å². The number of carbonyl (C=O) groups excluding carboxylic acids is 1. The maximum absolute atomic E-state index is 12.9. The molecule has 30 heavy (non-hydrogen) atoms. The Balaban J connectivity index is 0.00000256. The summed E-state index contributed by atoms with van der Waals surface area (Å²) >= 11 is 3.40. The summed E-state index contributed by atoms with van der Waals surface area (Å²) in [6.45, 7) is 3.44. The first-order valence-corrected chi connectivity index (χ1v) is 10.2. The second-order valence-corrected chi connectivity index (χ2v) is 8.13. The predicted molar refractivity (Wildman–Crippen MR) is 125 cm³/mol. The Labute approximate surface area is 190 Å². The number of hydrogen-bond acceptors (Lipinski definition) is 4. The number of ketones is 1. The maximum Gasteiger partial charge on any atom is 0.228 e. The average Bonchev–Trinajstić information content (AvgIpc) is 3.17. The van der Waals surface area contributed by atoms with Crippen molar-refractivity contribution in [3.63, 3.8) is 0 Å². The standard InChI is InChI=1S/C24H21BrN2O2.ClH/c1-16-24-21(12-22(29-24)23(28)18-8-10-20(25)11-9-18)19(13-26-16)15-27(2)14-17-6-4-3-5-7-17;/h3-13H,14-15H2,1-2H3;1H. The Morgan fingerprint density at radius 1 is 1.07 bits per heavy atom. The van der Waals surface area contributed by atoms with E-state index in [1.165, 1.54) is 5.56 Å². The number of benzene rings is 2. The zero-order valence-corrected chi connectivity index (χ0v) is 19.2. The van der Waals surface area contributed by atoms with E-state index in [2.05, 4.69) is 45.0 Å². The minimum atomic E-state index is -0.128. The molecule has 4 rings (SSSR count). The van der Waals surface area contributed by atoms with E-state index < -0.39 is 0 Å².